The Balaban J connectivity index is 1.45. The van der Waals surface area contributed by atoms with E-state index in [1.165, 1.54) is 0 Å². The van der Waals surface area contributed by atoms with Gasteiger partial charge in [0.1, 0.15) is 22.8 Å². The summed E-state index contributed by atoms with van der Waals surface area (Å²) in [6, 6.07) is 23.5. The lowest BCUT2D eigenvalue weighted by Crippen LogP contribution is -2.28. The Hall–Kier alpha value is -4.06. The van der Waals surface area contributed by atoms with E-state index in [0.717, 1.165) is 5.56 Å². The molecule has 0 atom stereocenters. The number of fused-ring (bicyclic) bond motifs is 1. The van der Waals surface area contributed by atoms with E-state index in [1.807, 2.05) is 48.5 Å². The summed E-state index contributed by atoms with van der Waals surface area (Å²) in [4.78, 5) is 24.9. The Bertz CT molecular complexity index is 1250. The number of carbonyl (C=O) groups is 1. The van der Waals surface area contributed by atoms with Gasteiger partial charge in [-0.25, -0.2) is 0 Å². The van der Waals surface area contributed by atoms with Crippen LogP contribution in [0, 0.1) is 6.92 Å². The van der Waals surface area contributed by atoms with Crippen molar-refractivity contribution in [2.24, 2.45) is 0 Å². The van der Waals surface area contributed by atoms with Crippen molar-refractivity contribution in [2.75, 3.05) is 6.61 Å². The lowest BCUT2D eigenvalue weighted by molar-refractivity contribution is -0.123. The van der Waals surface area contributed by atoms with Crippen molar-refractivity contribution >= 4 is 16.9 Å². The number of hydrogen-bond donors (Lipinski definition) is 1. The van der Waals surface area contributed by atoms with Gasteiger partial charge >= 0.3 is 0 Å². The zero-order chi connectivity index (χ0) is 21.6. The van der Waals surface area contributed by atoms with Crippen LogP contribution in [0.2, 0.25) is 0 Å². The van der Waals surface area contributed by atoms with Crippen LogP contribution in [0.1, 0.15) is 11.3 Å². The number of carbonyl (C=O) groups excluding carboxylic acids is 1. The predicted octanol–water partition coefficient (Wildman–Crippen LogP) is 4.59. The molecule has 0 bridgehead atoms. The molecule has 6 nitrogen and oxygen atoms in total. The van der Waals surface area contributed by atoms with E-state index in [1.54, 1.807) is 37.3 Å². The maximum Gasteiger partial charge on any atom is 0.258 e. The zero-order valence-electron chi connectivity index (χ0n) is 17.0. The molecule has 0 spiro atoms. The highest BCUT2D eigenvalue weighted by molar-refractivity contribution is 5.80. The number of nitrogens with one attached hydrogen (secondary N) is 1. The first-order valence-electron chi connectivity index (χ1n) is 9.84. The molecule has 6 heteroatoms. The molecule has 31 heavy (non-hydrogen) atoms. The zero-order valence-corrected chi connectivity index (χ0v) is 17.0. The maximum atomic E-state index is 12.9. The van der Waals surface area contributed by atoms with Crippen LogP contribution in [0.3, 0.4) is 0 Å². The van der Waals surface area contributed by atoms with Crippen LogP contribution in [0.15, 0.2) is 88.1 Å². The first-order valence-corrected chi connectivity index (χ1v) is 9.84. The minimum absolute atomic E-state index is 0.142. The summed E-state index contributed by atoms with van der Waals surface area (Å²) in [6.07, 6.45) is 0. The molecule has 0 saturated heterocycles. The lowest BCUT2D eigenvalue weighted by atomic mass is 10.2. The van der Waals surface area contributed by atoms with Gasteiger partial charge in [-0.05, 0) is 36.8 Å². The molecule has 0 fully saturated rings. The van der Waals surface area contributed by atoms with Gasteiger partial charge in [0.2, 0.25) is 11.2 Å². The fourth-order valence-electron chi connectivity index (χ4n) is 3.08. The highest BCUT2D eigenvalue weighted by Gasteiger charge is 2.15. The second-order valence-corrected chi connectivity index (χ2v) is 6.94. The van der Waals surface area contributed by atoms with E-state index in [4.69, 9.17) is 13.9 Å². The molecule has 4 rings (SSSR count). The van der Waals surface area contributed by atoms with E-state index in [2.05, 4.69) is 5.32 Å². The lowest BCUT2D eigenvalue weighted by Gasteiger charge is -2.10. The first kappa shape index (κ1) is 20.2. The molecule has 4 aromatic rings. The van der Waals surface area contributed by atoms with Crippen LogP contribution in [0.25, 0.3) is 11.0 Å². The quantitative estimate of drug-likeness (QED) is 0.478. The summed E-state index contributed by atoms with van der Waals surface area (Å²) < 4.78 is 17.1. The maximum absolute atomic E-state index is 12.9. The van der Waals surface area contributed by atoms with Gasteiger partial charge in [-0.1, -0.05) is 48.5 Å². The van der Waals surface area contributed by atoms with Crippen LogP contribution >= 0.6 is 0 Å². The van der Waals surface area contributed by atoms with Crippen molar-refractivity contribution in [3.8, 4) is 17.2 Å². The number of para-hydroxylation sites is 1. The van der Waals surface area contributed by atoms with Crippen molar-refractivity contribution in [1.29, 1.82) is 0 Å². The molecule has 1 amide bonds. The average Bonchev–Trinajstić information content (AvgIpc) is 2.80. The van der Waals surface area contributed by atoms with Crippen LogP contribution in [0.5, 0.6) is 17.2 Å². The molecule has 1 N–H and O–H groups in total. The molecule has 0 aliphatic rings. The summed E-state index contributed by atoms with van der Waals surface area (Å²) in [6.45, 7) is 1.96. The van der Waals surface area contributed by atoms with Gasteiger partial charge < -0.3 is 19.2 Å². The van der Waals surface area contributed by atoms with Gasteiger partial charge in [0.15, 0.2) is 6.61 Å². The molecule has 156 valence electrons. The predicted molar refractivity (Wildman–Crippen MR) is 118 cm³/mol. The van der Waals surface area contributed by atoms with E-state index in [0.29, 0.717) is 34.8 Å². The molecule has 0 aliphatic heterocycles. The Morgan fingerprint density at radius 3 is 2.39 bits per heavy atom. The summed E-state index contributed by atoms with van der Waals surface area (Å²) in [5, 5.41) is 3.17. The number of amides is 1. The normalized spacial score (nSPS) is 10.6. The van der Waals surface area contributed by atoms with Gasteiger partial charge in [-0.3, -0.25) is 9.59 Å². The smallest absolute Gasteiger partial charge is 0.258 e. The van der Waals surface area contributed by atoms with Crippen molar-refractivity contribution in [3.05, 3.63) is 100 Å². The van der Waals surface area contributed by atoms with Crippen molar-refractivity contribution in [2.45, 2.75) is 13.5 Å². The fourth-order valence-corrected chi connectivity index (χ4v) is 3.08. The Morgan fingerprint density at radius 2 is 1.65 bits per heavy atom. The SMILES string of the molecule is Cc1oc2cc(OCC(=O)NCc3ccccc3)ccc2c(=O)c1Oc1ccccc1. The molecule has 0 radical (unpaired) electrons. The van der Waals surface area contributed by atoms with Crippen LogP contribution < -0.4 is 20.2 Å². The molecule has 3 aromatic carbocycles. The van der Waals surface area contributed by atoms with Crippen LogP contribution in [-0.2, 0) is 11.3 Å². The Kier molecular flexibility index (Phi) is 5.98. The number of hydrogen-bond acceptors (Lipinski definition) is 5. The minimum Gasteiger partial charge on any atom is -0.484 e. The Morgan fingerprint density at radius 1 is 0.935 bits per heavy atom. The molecule has 0 saturated carbocycles. The molecular formula is C25H21NO5. The average molecular weight is 415 g/mol. The Labute approximate surface area is 179 Å². The third-order valence-electron chi connectivity index (χ3n) is 4.65. The van der Waals surface area contributed by atoms with Gasteiger partial charge in [0, 0.05) is 12.6 Å². The van der Waals surface area contributed by atoms with E-state index in [-0.39, 0.29) is 23.7 Å². The first-order chi connectivity index (χ1) is 15.1. The van der Waals surface area contributed by atoms with Crippen molar-refractivity contribution in [3.63, 3.8) is 0 Å². The largest absolute Gasteiger partial charge is 0.484 e. The third kappa shape index (κ3) is 4.93. The second kappa shape index (κ2) is 9.17. The van der Waals surface area contributed by atoms with Gasteiger partial charge in [0.25, 0.3) is 5.91 Å². The number of benzene rings is 3. The van der Waals surface area contributed by atoms with Crippen molar-refractivity contribution < 1.29 is 18.7 Å². The van der Waals surface area contributed by atoms with E-state index in [9.17, 15) is 9.59 Å². The van der Waals surface area contributed by atoms with Gasteiger partial charge in [-0.15, -0.1) is 0 Å². The third-order valence-corrected chi connectivity index (χ3v) is 4.65. The molecule has 0 aliphatic carbocycles. The highest BCUT2D eigenvalue weighted by atomic mass is 16.5. The van der Waals surface area contributed by atoms with E-state index >= 15 is 0 Å². The van der Waals surface area contributed by atoms with Gasteiger partial charge in [0.05, 0.1) is 5.39 Å². The number of aryl methyl sites for hydroxylation is 1. The molecular weight excluding hydrogens is 394 g/mol. The van der Waals surface area contributed by atoms with Crippen LogP contribution in [0.4, 0.5) is 0 Å². The summed E-state index contributed by atoms with van der Waals surface area (Å²) >= 11 is 0. The number of ether oxygens (including phenoxy) is 2. The van der Waals surface area contributed by atoms with Crippen LogP contribution in [-0.4, -0.2) is 12.5 Å². The number of rotatable bonds is 7. The molecule has 1 heterocycles. The topological polar surface area (TPSA) is 77.8 Å². The monoisotopic (exact) mass is 415 g/mol. The summed E-state index contributed by atoms with van der Waals surface area (Å²) in [5.74, 6) is 1.25. The minimum atomic E-state index is -0.269. The van der Waals surface area contributed by atoms with E-state index < -0.39 is 0 Å². The standard InChI is InChI=1S/C25H21NO5/c1-17-25(31-19-10-6-3-7-11-19)24(28)21-13-12-20(14-22(21)30-17)29-16-23(27)26-15-18-8-4-2-5-9-18/h2-14H,15-16H2,1H3,(H,26,27). The molecule has 1 aromatic heterocycles. The summed E-state index contributed by atoms with van der Waals surface area (Å²) in [5.41, 5.74) is 1.10. The van der Waals surface area contributed by atoms with Crippen molar-refractivity contribution in [1.82, 2.24) is 5.32 Å². The fraction of sp³-hybridized carbons (Fsp3) is 0.120. The highest BCUT2D eigenvalue weighted by Crippen LogP contribution is 2.27. The second-order valence-electron chi connectivity index (χ2n) is 6.94. The molecule has 0 unspecified atom stereocenters. The summed E-state index contributed by atoms with van der Waals surface area (Å²) in [7, 11) is 0. The van der Waals surface area contributed by atoms with Gasteiger partial charge in [-0.2, -0.15) is 0 Å².